The number of hydrogen-bond acceptors (Lipinski definition) is 4. The number of anilines is 1. The van der Waals surface area contributed by atoms with Crippen LogP contribution in [0.4, 0.5) is 5.69 Å². The molecular weight excluding hydrogens is 352 g/mol. The monoisotopic (exact) mass is 376 g/mol. The Labute approximate surface area is 165 Å². The fraction of sp³-hybridized carbons (Fsp3) is 0.217. The minimum absolute atomic E-state index is 0.175. The van der Waals surface area contributed by atoms with Crippen molar-refractivity contribution in [3.8, 4) is 11.6 Å². The minimum atomic E-state index is -0.175. The maximum Gasteiger partial charge on any atom is 0.255 e. The largest absolute Gasteiger partial charge is 0.439 e. The number of aryl methyl sites for hydroxylation is 1. The summed E-state index contributed by atoms with van der Waals surface area (Å²) in [5.74, 6) is 1.01. The maximum atomic E-state index is 12.2. The van der Waals surface area contributed by atoms with Gasteiger partial charge in [-0.15, -0.1) is 0 Å². The number of ether oxygens (including phenoxy) is 1. The lowest BCUT2D eigenvalue weighted by atomic mass is 10.1. The molecule has 0 spiro atoms. The van der Waals surface area contributed by atoms with Crippen LogP contribution in [0.2, 0.25) is 0 Å². The van der Waals surface area contributed by atoms with Crippen LogP contribution in [0.3, 0.4) is 0 Å². The average Bonchev–Trinajstić information content (AvgIpc) is 2.74. The fourth-order valence-electron chi connectivity index (χ4n) is 2.77. The summed E-state index contributed by atoms with van der Waals surface area (Å²) in [5.41, 5.74) is 2.45. The van der Waals surface area contributed by atoms with E-state index in [0.717, 1.165) is 25.7 Å². The normalized spacial score (nSPS) is 10.5. The van der Waals surface area contributed by atoms with Gasteiger partial charge in [0.15, 0.2) is 0 Å². The van der Waals surface area contributed by atoms with Crippen LogP contribution in [0.15, 0.2) is 72.9 Å². The summed E-state index contributed by atoms with van der Waals surface area (Å²) in [4.78, 5) is 16.4. The van der Waals surface area contributed by atoms with Crippen LogP contribution in [-0.2, 0) is 6.42 Å². The first-order valence-corrected chi connectivity index (χ1v) is 9.45. The van der Waals surface area contributed by atoms with Crippen molar-refractivity contribution < 1.29 is 14.6 Å². The van der Waals surface area contributed by atoms with Crippen LogP contribution >= 0.6 is 0 Å². The first-order chi connectivity index (χ1) is 13.7. The highest BCUT2D eigenvalue weighted by molar-refractivity contribution is 6.04. The van der Waals surface area contributed by atoms with E-state index in [1.54, 1.807) is 30.5 Å². The molecule has 2 aromatic carbocycles. The summed E-state index contributed by atoms with van der Waals surface area (Å²) in [6.07, 6.45) is 5.53. The van der Waals surface area contributed by atoms with Crippen LogP contribution in [-0.4, -0.2) is 22.6 Å². The van der Waals surface area contributed by atoms with Gasteiger partial charge in [-0.1, -0.05) is 36.8 Å². The van der Waals surface area contributed by atoms with E-state index in [9.17, 15) is 4.79 Å². The van der Waals surface area contributed by atoms with Crippen molar-refractivity contribution >= 4 is 11.6 Å². The Kier molecular flexibility index (Phi) is 7.15. The Morgan fingerprint density at radius 2 is 1.71 bits per heavy atom. The molecule has 1 heterocycles. The molecular formula is C23H24N2O3. The van der Waals surface area contributed by atoms with Gasteiger partial charge >= 0.3 is 0 Å². The Morgan fingerprint density at radius 3 is 2.39 bits per heavy atom. The molecule has 0 aliphatic heterocycles. The zero-order chi connectivity index (χ0) is 19.6. The lowest BCUT2D eigenvalue weighted by Crippen LogP contribution is -2.11. The number of hydrogen-bond donors (Lipinski definition) is 2. The molecule has 1 aromatic heterocycles. The second-order valence-corrected chi connectivity index (χ2v) is 6.49. The number of unbranched alkanes of at least 4 members (excludes halogenated alkanes) is 2. The fourth-order valence-corrected chi connectivity index (χ4v) is 2.77. The molecule has 0 unspecified atom stereocenters. The Morgan fingerprint density at radius 1 is 0.929 bits per heavy atom. The number of aliphatic hydroxyl groups is 1. The van der Waals surface area contributed by atoms with E-state index in [1.165, 1.54) is 5.56 Å². The number of carbonyl (C=O) groups is 1. The van der Waals surface area contributed by atoms with Crippen LogP contribution in [0.5, 0.6) is 11.6 Å². The highest BCUT2D eigenvalue weighted by Crippen LogP contribution is 2.22. The van der Waals surface area contributed by atoms with Crippen molar-refractivity contribution in [2.24, 2.45) is 0 Å². The van der Waals surface area contributed by atoms with Crippen LogP contribution < -0.4 is 10.1 Å². The van der Waals surface area contributed by atoms with Gasteiger partial charge in [-0.2, -0.15) is 0 Å². The summed E-state index contributed by atoms with van der Waals surface area (Å²) < 4.78 is 5.76. The highest BCUT2D eigenvalue weighted by atomic mass is 16.5. The van der Waals surface area contributed by atoms with Gasteiger partial charge in [0, 0.05) is 18.2 Å². The molecule has 0 aliphatic carbocycles. The number of carbonyl (C=O) groups excluding carboxylic acids is 1. The van der Waals surface area contributed by atoms with Crippen molar-refractivity contribution in [2.75, 3.05) is 11.9 Å². The Balaban J connectivity index is 1.52. The summed E-state index contributed by atoms with van der Waals surface area (Å²) in [6.45, 7) is 0.258. The summed E-state index contributed by atoms with van der Waals surface area (Å²) >= 11 is 0. The average molecular weight is 376 g/mol. The predicted octanol–water partition coefficient (Wildman–Crippen LogP) is 4.83. The minimum Gasteiger partial charge on any atom is -0.439 e. The zero-order valence-corrected chi connectivity index (χ0v) is 15.7. The molecule has 1 amide bonds. The van der Waals surface area contributed by atoms with E-state index < -0.39 is 0 Å². The quantitative estimate of drug-likeness (QED) is 0.525. The summed E-state index contributed by atoms with van der Waals surface area (Å²) in [7, 11) is 0. The van der Waals surface area contributed by atoms with Gasteiger partial charge in [0.05, 0.1) is 11.9 Å². The third-order valence-corrected chi connectivity index (χ3v) is 4.30. The molecule has 5 nitrogen and oxygen atoms in total. The van der Waals surface area contributed by atoms with Gasteiger partial charge < -0.3 is 15.2 Å². The number of aliphatic hydroxyl groups excluding tert-OH is 1. The van der Waals surface area contributed by atoms with Crippen molar-refractivity contribution in [2.45, 2.75) is 25.7 Å². The summed E-state index contributed by atoms with van der Waals surface area (Å²) in [6, 6.07) is 20.5. The smallest absolute Gasteiger partial charge is 0.255 e. The SMILES string of the molecule is O=C(Nc1ccc(Oc2ccc(CCCCCO)cc2)nc1)c1ccccc1. The molecule has 0 bridgehead atoms. The molecule has 28 heavy (non-hydrogen) atoms. The number of pyridine rings is 1. The van der Waals surface area contributed by atoms with Gasteiger partial charge in [-0.25, -0.2) is 4.98 Å². The molecule has 3 aromatic rings. The number of nitrogens with one attached hydrogen (secondary N) is 1. The van der Waals surface area contributed by atoms with Crippen molar-refractivity contribution in [3.63, 3.8) is 0 Å². The molecule has 144 valence electrons. The Hall–Kier alpha value is -3.18. The molecule has 0 fully saturated rings. The number of rotatable bonds is 9. The second-order valence-electron chi connectivity index (χ2n) is 6.49. The number of benzene rings is 2. The van der Waals surface area contributed by atoms with Gasteiger partial charge in [0.2, 0.25) is 5.88 Å². The molecule has 0 radical (unpaired) electrons. The molecule has 0 atom stereocenters. The van der Waals surface area contributed by atoms with E-state index in [0.29, 0.717) is 22.9 Å². The van der Waals surface area contributed by atoms with Crippen LogP contribution in [0.1, 0.15) is 35.2 Å². The van der Waals surface area contributed by atoms with E-state index in [-0.39, 0.29) is 12.5 Å². The first kappa shape index (κ1) is 19.6. The second kappa shape index (κ2) is 10.2. The van der Waals surface area contributed by atoms with E-state index in [4.69, 9.17) is 9.84 Å². The lowest BCUT2D eigenvalue weighted by molar-refractivity contribution is 0.102. The third-order valence-electron chi connectivity index (χ3n) is 4.30. The number of aromatic nitrogens is 1. The lowest BCUT2D eigenvalue weighted by Gasteiger charge is -2.08. The molecule has 3 rings (SSSR count). The molecule has 0 aliphatic rings. The van der Waals surface area contributed by atoms with Crippen molar-refractivity contribution in [3.05, 3.63) is 84.1 Å². The van der Waals surface area contributed by atoms with Crippen LogP contribution in [0.25, 0.3) is 0 Å². The Bertz CT molecular complexity index is 863. The topological polar surface area (TPSA) is 71.5 Å². The first-order valence-electron chi connectivity index (χ1n) is 9.45. The van der Waals surface area contributed by atoms with Crippen molar-refractivity contribution in [1.82, 2.24) is 4.98 Å². The predicted molar refractivity (Wildman–Crippen MR) is 110 cm³/mol. The standard InChI is InChI=1S/C23H24N2O3/c26-16-6-2-3-7-18-10-13-21(14-11-18)28-22-15-12-20(17-24-22)25-23(27)19-8-4-1-5-9-19/h1,4-5,8-15,17,26H,2-3,6-7,16H2,(H,25,27). The maximum absolute atomic E-state index is 12.2. The van der Waals surface area contributed by atoms with Gasteiger partial charge in [0.25, 0.3) is 5.91 Å². The molecule has 0 saturated carbocycles. The van der Waals surface area contributed by atoms with Gasteiger partial charge in [-0.3, -0.25) is 4.79 Å². The van der Waals surface area contributed by atoms with Crippen LogP contribution in [0, 0.1) is 0 Å². The molecule has 5 heteroatoms. The number of nitrogens with zero attached hydrogens (tertiary/aromatic N) is 1. The molecule has 0 saturated heterocycles. The van der Waals surface area contributed by atoms with Gasteiger partial charge in [0.1, 0.15) is 5.75 Å². The zero-order valence-electron chi connectivity index (χ0n) is 15.7. The van der Waals surface area contributed by atoms with E-state index in [2.05, 4.69) is 10.3 Å². The van der Waals surface area contributed by atoms with E-state index >= 15 is 0 Å². The van der Waals surface area contributed by atoms with Crippen molar-refractivity contribution in [1.29, 1.82) is 0 Å². The number of amides is 1. The van der Waals surface area contributed by atoms with Gasteiger partial charge in [-0.05, 0) is 55.2 Å². The summed E-state index contributed by atoms with van der Waals surface area (Å²) in [5, 5.41) is 11.6. The van der Waals surface area contributed by atoms with E-state index in [1.807, 2.05) is 42.5 Å². The third kappa shape index (κ3) is 5.93. The highest BCUT2D eigenvalue weighted by Gasteiger charge is 2.06. The molecule has 2 N–H and O–H groups in total.